The van der Waals surface area contributed by atoms with Gasteiger partial charge < -0.3 is 10.2 Å². The molecular weight excluding hydrogens is 317 g/mol. The molecule has 3 rings (SSSR count). The van der Waals surface area contributed by atoms with E-state index in [2.05, 4.69) is 5.32 Å². The molecule has 0 aromatic heterocycles. The van der Waals surface area contributed by atoms with Gasteiger partial charge in [-0.15, -0.1) is 0 Å². The zero-order valence-corrected chi connectivity index (χ0v) is 14.1. The number of rotatable bonds is 3. The van der Waals surface area contributed by atoms with E-state index in [4.69, 9.17) is 0 Å². The fourth-order valence-corrected chi connectivity index (χ4v) is 3.24. The van der Waals surface area contributed by atoms with E-state index in [-0.39, 0.29) is 17.5 Å². The van der Waals surface area contributed by atoms with Crippen molar-refractivity contribution in [1.82, 2.24) is 5.32 Å². The van der Waals surface area contributed by atoms with Crippen molar-refractivity contribution >= 4 is 11.6 Å². The van der Waals surface area contributed by atoms with Gasteiger partial charge in [-0.2, -0.15) is 5.26 Å². The molecule has 1 amide bonds. The Labute approximate surface area is 146 Å². The molecule has 1 N–H and O–H groups in total. The lowest BCUT2D eigenvalue weighted by atomic mass is 10.0. The molecule has 4 nitrogen and oxygen atoms in total. The number of piperidine rings is 1. The van der Waals surface area contributed by atoms with Crippen LogP contribution in [0, 0.1) is 24.1 Å². The van der Waals surface area contributed by atoms with Crippen LogP contribution in [0.1, 0.15) is 34.3 Å². The minimum absolute atomic E-state index is 0.0555. The summed E-state index contributed by atoms with van der Waals surface area (Å²) in [5, 5.41) is 12.3. The SMILES string of the molecule is Cc1ccccc1C(=O)NC1CCN(c2cccc(F)c2C#N)CC1. The Balaban J connectivity index is 1.63. The highest BCUT2D eigenvalue weighted by atomic mass is 19.1. The van der Waals surface area contributed by atoms with Crippen molar-refractivity contribution in [1.29, 1.82) is 5.26 Å². The minimum atomic E-state index is -0.491. The van der Waals surface area contributed by atoms with Crippen molar-refractivity contribution in [2.45, 2.75) is 25.8 Å². The zero-order chi connectivity index (χ0) is 17.8. The summed E-state index contributed by atoms with van der Waals surface area (Å²) in [7, 11) is 0. The maximum Gasteiger partial charge on any atom is 0.251 e. The Morgan fingerprint density at radius 3 is 2.60 bits per heavy atom. The second-order valence-electron chi connectivity index (χ2n) is 6.30. The third-order valence-electron chi connectivity index (χ3n) is 4.66. The van der Waals surface area contributed by atoms with Crippen molar-refractivity contribution in [3.05, 3.63) is 65.0 Å². The van der Waals surface area contributed by atoms with Crippen LogP contribution in [0.15, 0.2) is 42.5 Å². The van der Waals surface area contributed by atoms with Gasteiger partial charge in [-0.1, -0.05) is 24.3 Å². The van der Waals surface area contributed by atoms with E-state index in [0.717, 1.165) is 18.4 Å². The standard InChI is InChI=1S/C20H20FN3O/c1-14-5-2-3-6-16(14)20(25)23-15-9-11-24(12-10-15)19-8-4-7-18(21)17(19)13-22/h2-8,15H,9-12H2,1H3,(H,23,25). The van der Waals surface area contributed by atoms with Crippen LogP contribution in [-0.4, -0.2) is 25.0 Å². The molecule has 0 saturated carbocycles. The van der Waals surface area contributed by atoms with Gasteiger partial charge in [0, 0.05) is 24.7 Å². The van der Waals surface area contributed by atoms with Crippen LogP contribution in [0.25, 0.3) is 0 Å². The molecule has 1 aliphatic heterocycles. The number of benzene rings is 2. The molecule has 5 heteroatoms. The van der Waals surface area contributed by atoms with Crippen molar-refractivity contribution < 1.29 is 9.18 Å². The fraction of sp³-hybridized carbons (Fsp3) is 0.300. The molecule has 0 unspecified atom stereocenters. The first-order valence-corrected chi connectivity index (χ1v) is 8.40. The number of anilines is 1. The van der Waals surface area contributed by atoms with E-state index >= 15 is 0 Å². The van der Waals surface area contributed by atoms with Crippen molar-refractivity contribution in [2.75, 3.05) is 18.0 Å². The lowest BCUT2D eigenvalue weighted by molar-refractivity contribution is 0.0930. The van der Waals surface area contributed by atoms with Crippen LogP contribution in [0.4, 0.5) is 10.1 Å². The van der Waals surface area contributed by atoms with Crippen LogP contribution in [0.5, 0.6) is 0 Å². The van der Waals surface area contributed by atoms with E-state index in [1.807, 2.05) is 42.2 Å². The zero-order valence-electron chi connectivity index (χ0n) is 14.1. The molecule has 0 spiro atoms. The largest absolute Gasteiger partial charge is 0.370 e. The van der Waals surface area contributed by atoms with E-state index in [9.17, 15) is 14.4 Å². The summed E-state index contributed by atoms with van der Waals surface area (Å²) in [6.07, 6.45) is 1.53. The van der Waals surface area contributed by atoms with Crippen LogP contribution in [0.3, 0.4) is 0 Å². The maximum absolute atomic E-state index is 13.8. The van der Waals surface area contributed by atoms with Crippen LogP contribution < -0.4 is 10.2 Å². The van der Waals surface area contributed by atoms with Gasteiger partial charge in [-0.25, -0.2) is 4.39 Å². The van der Waals surface area contributed by atoms with Gasteiger partial charge in [0.25, 0.3) is 5.91 Å². The highest BCUT2D eigenvalue weighted by Crippen LogP contribution is 2.25. The van der Waals surface area contributed by atoms with Crippen LogP contribution in [-0.2, 0) is 0 Å². The number of carbonyl (C=O) groups excluding carboxylic acids is 1. The third-order valence-corrected chi connectivity index (χ3v) is 4.66. The number of hydrogen-bond acceptors (Lipinski definition) is 3. The van der Waals surface area contributed by atoms with E-state index in [1.54, 1.807) is 12.1 Å². The molecule has 1 saturated heterocycles. The molecule has 25 heavy (non-hydrogen) atoms. The predicted molar refractivity (Wildman–Crippen MR) is 95.0 cm³/mol. The monoisotopic (exact) mass is 337 g/mol. The predicted octanol–water partition coefficient (Wildman–Crippen LogP) is 3.40. The third kappa shape index (κ3) is 3.63. The molecule has 0 bridgehead atoms. The number of aryl methyl sites for hydroxylation is 1. The van der Waals surface area contributed by atoms with E-state index < -0.39 is 5.82 Å². The molecule has 128 valence electrons. The topological polar surface area (TPSA) is 56.1 Å². The average Bonchev–Trinajstić information content (AvgIpc) is 2.62. The first kappa shape index (κ1) is 17.0. The van der Waals surface area contributed by atoms with Crippen molar-refractivity contribution in [2.24, 2.45) is 0 Å². The van der Waals surface area contributed by atoms with Crippen LogP contribution in [0.2, 0.25) is 0 Å². The molecular formula is C20H20FN3O. The Bertz CT molecular complexity index is 820. The molecule has 0 radical (unpaired) electrons. The second kappa shape index (κ2) is 7.35. The van der Waals surface area contributed by atoms with E-state index in [1.165, 1.54) is 6.07 Å². The Morgan fingerprint density at radius 1 is 1.20 bits per heavy atom. The number of nitriles is 1. The van der Waals surface area contributed by atoms with Gasteiger partial charge in [-0.05, 0) is 43.5 Å². The average molecular weight is 337 g/mol. The molecule has 0 aliphatic carbocycles. The summed E-state index contributed by atoms with van der Waals surface area (Å²) in [6, 6.07) is 14.2. The van der Waals surface area contributed by atoms with Gasteiger partial charge in [0.1, 0.15) is 17.4 Å². The summed E-state index contributed by atoms with van der Waals surface area (Å²) in [5.74, 6) is -0.546. The van der Waals surface area contributed by atoms with Gasteiger partial charge in [0.15, 0.2) is 0 Å². The summed E-state index contributed by atoms with van der Waals surface area (Å²) >= 11 is 0. The first-order valence-electron chi connectivity index (χ1n) is 8.40. The summed E-state index contributed by atoms with van der Waals surface area (Å²) < 4.78 is 13.8. The smallest absolute Gasteiger partial charge is 0.251 e. The van der Waals surface area contributed by atoms with Gasteiger partial charge in [-0.3, -0.25) is 4.79 Å². The Morgan fingerprint density at radius 2 is 1.92 bits per heavy atom. The fourth-order valence-electron chi connectivity index (χ4n) is 3.24. The summed E-state index contributed by atoms with van der Waals surface area (Å²) in [6.45, 7) is 3.28. The van der Waals surface area contributed by atoms with Gasteiger partial charge in [0.2, 0.25) is 0 Å². The maximum atomic E-state index is 13.8. The number of carbonyl (C=O) groups is 1. The lowest BCUT2D eigenvalue weighted by Crippen LogP contribution is -2.45. The highest BCUT2D eigenvalue weighted by molar-refractivity contribution is 5.95. The Kier molecular flexibility index (Phi) is 4.99. The summed E-state index contributed by atoms with van der Waals surface area (Å²) in [4.78, 5) is 14.4. The number of halogens is 1. The molecule has 1 heterocycles. The molecule has 1 aliphatic rings. The quantitative estimate of drug-likeness (QED) is 0.934. The number of hydrogen-bond donors (Lipinski definition) is 1. The second-order valence-corrected chi connectivity index (χ2v) is 6.30. The lowest BCUT2D eigenvalue weighted by Gasteiger charge is -2.34. The normalized spacial score (nSPS) is 14.8. The number of nitrogens with one attached hydrogen (secondary N) is 1. The van der Waals surface area contributed by atoms with Crippen LogP contribution >= 0.6 is 0 Å². The van der Waals surface area contributed by atoms with E-state index in [0.29, 0.717) is 24.3 Å². The van der Waals surface area contributed by atoms with Gasteiger partial charge in [0.05, 0.1) is 5.69 Å². The number of amides is 1. The van der Waals surface area contributed by atoms with Crippen molar-refractivity contribution in [3.63, 3.8) is 0 Å². The molecule has 2 aromatic rings. The minimum Gasteiger partial charge on any atom is -0.370 e. The Hall–Kier alpha value is -2.87. The first-order chi connectivity index (χ1) is 12.1. The molecule has 2 aromatic carbocycles. The van der Waals surface area contributed by atoms with Crippen molar-refractivity contribution in [3.8, 4) is 6.07 Å². The summed E-state index contributed by atoms with van der Waals surface area (Å²) in [5.41, 5.74) is 2.37. The van der Waals surface area contributed by atoms with Gasteiger partial charge >= 0.3 is 0 Å². The number of nitrogens with zero attached hydrogens (tertiary/aromatic N) is 2. The highest BCUT2D eigenvalue weighted by Gasteiger charge is 2.24. The molecule has 0 atom stereocenters. The molecule has 1 fully saturated rings.